The number of carbonyl (C=O) groups is 3. The highest BCUT2D eigenvalue weighted by atomic mass is 16.7. The second-order valence-electron chi connectivity index (χ2n) is 4.47. The number of aliphatic hydroxyl groups excluding tert-OH is 2. The third-order valence-electron chi connectivity index (χ3n) is 2.68. The Balaban J connectivity index is 3.05. The Morgan fingerprint density at radius 1 is 0.952 bits per heavy atom. The van der Waals surface area contributed by atoms with E-state index in [2.05, 4.69) is 0 Å². The number of ether oxygens (including phenoxy) is 4. The van der Waals surface area contributed by atoms with Crippen LogP contribution in [0.25, 0.3) is 0 Å². The van der Waals surface area contributed by atoms with Crippen LogP contribution in [-0.4, -0.2) is 65.4 Å². The lowest BCUT2D eigenvalue weighted by atomic mass is 9.98. The van der Waals surface area contributed by atoms with Gasteiger partial charge in [0.15, 0.2) is 6.10 Å². The molecule has 9 heteroatoms. The SMILES string of the molecule is CC(=O)OC1O[C@H](CO)[C@H](O)[C@H](OC(C)=O)[C@H]1OC(C)=O. The molecule has 1 fully saturated rings. The first-order valence-corrected chi connectivity index (χ1v) is 6.22. The van der Waals surface area contributed by atoms with Crippen LogP contribution < -0.4 is 0 Å². The van der Waals surface area contributed by atoms with Crippen molar-refractivity contribution in [2.75, 3.05) is 6.61 Å². The summed E-state index contributed by atoms with van der Waals surface area (Å²) in [6.45, 7) is 2.69. The van der Waals surface area contributed by atoms with Crippen molar-refractivity contribution in [2.45, 2.75) is 51.5 Å². The lowest BCUT2D eigenvalue weighted by Crippen LogP contribution is -2.61. The molecule has 9 nitrogen and oxygen atoms in total. The molecule has 21 heavy (non-hydrogen) atoms. The zero-order valence-corrected chi connectivity index (χ0v) is 11.8. The van der Waals surface area contributed by atoms with E-state index in [1.807, 2.05) is 0 Å². The first-order chi connectivity index (χ1) is 9.76. The van der Waals surface area contributed by atoms with E-state index in [0.717, 1.165) is 20.8 Å². The molecule has 120 valence electrons. The van der Waals surface area contributed by atoms with Gasteiger partial charge >= 0.3 is 17.9 Å². The van der Waals surface area contributed by atoms with E-state index >= 15 is 0 Å². The van der Waals surface area contributed by atoms with Crippen LogP contribution in [0.2, 0.25) is 0 Å². The van der Waals surface area contributed by atoms with Gasteiger partial charge in [-0.15, -0.1) is 0 Å². The molecule has 1 unspecified atom stereocenters. The molecular weight excluding hydrogens is 288 g/mol. The fourth-order valence-electron chi connectivity index (χ4n) is 1.94. The zero-order chi connectivity index (χ0) is 16.2. The van der Waals surface area contributed by atoms with Gasteiger partial charge in [-0.1, -0.05) is 0 Å². The van der Waals surface area contributed by atoms with Gasteiger partial charge in [-0.2, -0.15) is 0 Å². The third-order valence-corrected chi connectivity index (χ3v) is 2.68. The average molecular weight is 306 g/mol. The van der Waals surface area contributed by atoms with Crippen molar-refractivity contribution in [1.29, 1.82) is 0 Å². The molecule has 0 amide bonds. The first-order valence-electron chi connectivity index (χ1n) is 6.22. The van der Waals surface area contributed by atoms with Gasteiger partial charge in [0.05, 0.1) is 6.61 Å². The predicted molar refractivity (Wildman–Crippen MR) is 64.6 cm³/mol. The van der Waals surface area contributed by atoms with Crippen LogP contribution in [0.1, 0.15) is 20.8 Å². The lowest BCUT2D eigenvalue weighted by Gasteiger charge is -2.41. The summed E-state index contributed by atoms with van der Waals surface area (Å²) < 4.78 is 19.9. The van der Waals surface area contributed by atoms with Crippen molar-refractivity contribution in [2.24, 2.45) is 0 Å². The monoisotopic (exact) mass is 306 g/mol. The minimum absolute atomic E-state index is 0.608. The Morgan fingerprint density at radius 2 is 1.43 bits per heavy atom. The maximum atomic E-state index is 11.1. The second-order valence-corrected chi connectivity index (χ2v) is 4.47. The van der Waals surface area contributed by atoms with Crippen molar-refractivity contribution in [3.8, 4) is 0 Å². The lowest BCUT2D eigenvalue weighted by molar-refractivity contribution is -0.297. The molecule has 0 aliphatic carbocycles. The zero-order valence-electron chi connectivity index (χ0n) is 11.8. The minimum atomic E-state index is -1.45. The van der Waals surface area contributed by atoms with Crippen LogP contribution in [0.3, 0.4) is 0 Å². The predicted octanol–water partition coefficient (Wildman–Crippen LogP) is -1.51. The highest BCUT2D eigenvalue weighted by Crippen LogP contribution is 2.27. The fourth-order valence-corrected chi connectivity index (χ4v) is 1.94. The highest BCUT2D eigenvalue weighted by Gasteiger charge is 2.50. The van der Waals surface area contributed by atoms with Gasteiger partial charge < -0.3 is 29.2 Å². The molecule has 0 spiro atoms. The van der Waals surface area contributed by atoms with Gasteiger partial charge in [0, 0.05) is 20.8 Å². The van der Waals surface area contributed by atoms with Crippen molar-refractivity contribution < 1.29 is 43.5 Å². The van der Waals surface area contributed by atoms with Crippen molar-refractivity contribution in [1.82, 2.24) is 0 Å². The molecule has 0 saturated carbocycles. The summed E-state index contributed by atoms with van der Waals surface area (Å²) in [6, 6.07) is 0. The molecule has 1 aliphatic rings. The van der Waals surface area contributed by atoms with E-state index in [1.54, 1.807) is 0 Å². The molecule has 2 N–H and O–H groups in total. The normalized spacial score (nSPS) is 32.1. The van der Waals surface area contributed by atoms with E-state index < -0.39 is 55.2 Å². The number of carbonyl (C=O) groups excluding carboxylic acids is 3. The maximum absolute atomic E-state index is 11.1. The van der Waals surface area contributed by atoms with Crippen molar-refractivity contribution >= 4 is 17.9 Å². The van der Waals surface area contributed by atoms with Crippen LogP contribution in [0.4, 0.5) is 0 Å². The second kappa shape index (κ2) is 7.34. The van der Waals surface area contributed by atoms with E-state index in [1.165, 1.54) is 0 Å². The maximum Gasteiger partial charge on any atom is 0.305 e. The van der Waals surface area contributed by atoms with E-state index in [-0.39, 0.29) is 0 Å². The van der Waals surface area contributed by atoms with Crippen LogP contribution in [0, 0.1) is 0 Å². The summed E-state index contributed by atoms with van der Waals surface area (Å²) in [7, 11) is 0. The molecule has 1 saturated heterocycles. The molecular formula is C12H18O9. The Bertz CT molecular complexity index is 408. The summed E-state index contributed by atoms with van der Waals surface area (Å²) in [6.07, 6.45) is -6.69. The van der Waals surface area contributed by atoms with Crippen molar-refractivity contribution in [3.63, 3.8) is 0 Å². The molecule has 0 aromatic heterocycles. The number of hydrogen-bond donors (Lipinski definition) is 2. The Kier molecular flexibility index (Phi) is 6.06. The minimum Gasteiger partial charge on any atom is -0.455 e. The molecule has 1 rings (SSSR count). The Labute approximate surface area is 120 Å². The number of esters is 3. The van der Waals surface area contributed by atoms with Crippen LogP contribution in [0.15, 0.2) is 0 Å². The largest absolute Gasteiger partial charge is 0.455 e. The van der Waals surface area contributed by atoms with Gasteiger partial charge in [-0.3, -0.25) is 14.4 Å². The molecule has 0 aromatic carbocycles. The van der Waals surface area contributed by atoms with Crippen LogP contribution >= 0.6 is 0 Å². The van der Waals surface area contributed by atoms with Crippen molar-refractivity contribution in [3.05, 3.63) is 0 Å². The van der Waals surface area contributed by atoms with Gasteiger partial charge in [-0.25, -0.2) is 0 Å². The number of hydrogen-bond acceptors (Lipinski definition) is 9. The standard InChI is InChI=1S/C12H18O9/c1-5(14)18-10-9(17)8(4-13)21-12(20-7(3)16)11(10)19-6(2)15/h8-13,17H,4H2,1-3H3/t8-,9+,10+,11-,12?/m1/s1. The van der Waals surface area contributed by atoms with Gasteiger partial charge in [0.25, 0.3) is 0 Å². The number of aliphatic hydroxyl groups is 2. The van der Waals surface area contributed by atoms with Gasteiger partial charge in [0.1, 0.15) is 12.2 Å². The van der Waals surface area contributed by atoms with Crippen LogP contribution in [-0.2, 0) is 33.3 Å². The average Bonchev–Trinajstić information content (AvgIpc) is 2.35. The summed E-state index contributed by atoms with van der Waals surface area (Å²) >= 11 is 0. The highest BCUT2D eigenvalue weighted by molar-refractivity contribution is 5.68. The molecule has 0 aromatic rings. The number of rotatable bonds is 4. The summed E-state index contributed by atoms with van der Waals surface area (Å²) in [4.78, 5) is 33.3. The molecule has 1 heterocycles. The van der Waals surface area contributed by atoms with E-state index in [0.29, 0.717) is 0 Å². The summed E-state index contributed by atoms with van der Waals surface area (Å²) in [5.41, 5.74) is 0. The Hall–Kier alpha value is -1.71. The molecule has 5 atom stereocenters. The smallest absolute Gasteiger partial charge is 0.305 e. The summed E-state index contributed by atoms with van der Waals surface area (Å²) in [5.74, 6) is -2.21. The summed E-state index contributed by atoms with van der Waals surface area (Å²) in [5, 5.41) is 19.2. The first kappa shape index (κ1) is 17.3. The fraction of sp³-hybridized carbons (Fsp3) is 0.750. The van der Waals surface area contributed by atoms with Crippen LogP contribution in [0.5, 0.6) is 0 Å². The molecule has 0 bridgehead atoms. The van der Waals surface area contributed by atoms with E-state index in [4.69, 9.17) is 24.1 Å². The van der Waals surface area contributed by atoms with E-state index in [9.17, 15) is 19.5 Å². The molecule has 0 radical (unpaired) electrons. The Morgan fingerprint density at radius 3 is 1.86 bits per heavy atom. The van der Waals surface area contributed by atoms with Gasteiger partial charge in [-0.05, 0) is 0 Å². The third kappa shape index (κ3) is 4.66. The van der Waals surface area contributed by atoms with Gasteiger partial charge in [0.2, 0.25) is 12.4 Å². The quantitative estimate of drug-likeness (QED) is 0.470. The molecule has 1 aliphatic heterocycles. The topological polar surface area (TPSA) is 129 Å².